The lowest BCUT2D eigenvalue weighted by Gasteiger charge is -2.22. The molecule has 0 aliphatic carbocycles. The first-order chi connectivity index (χ1) is 28.5. The number of hydrogen-bond donors (Lipinski definition) is 2. The van der Waals surface area contributed by atoms with Crippen molar-refractivity contribution >= 4 is 30.1 Å². The fourth-order valence-corrected chi connectivity index (χ4v) is 6.82. The van der Waals surface area contributed by atoms with Gasteiger partial charge in [0, 0.05) is 18.1 Å². The minimum atomic E-state index is -1.03. The van der Waals surface area contributed by atoms with Gasteiger partial charge in [-0.15, -0.1) is 0 Å². The third-order valence-electron chi connectivity index (χ3n) is 9.74. The van der Waals surface area contributed by atoms with E-state index >= 15 is 0 Å². The van der Waals surface area contributed by atoms with Crippen LogP contribution in [0.2, 0.25) is 0 Å². The van der Waals surface area contributed by atoms with Crippen molar-refractivity contribution in [1.29, 1.82) is 0 Å². The second kappa shape index (κ2) is 20.0. The molecular weight excluding hydrogens is 764 g/mol. The topological polar surface area (TPSA) is 175 Å². The molecule has 0 saturated carbocycles. The lowest BCUT2D eigenvalue weighted by molar-refractivity contribution is -0.144. The van der Waals surface area contributed by atoms with Crippen molar-refractivity contribution in [2.45, 2.75) is 36.9 Å². The Morgan fingerprint density at radius 2 is 1.19 bits per heavy atom. The van der Waals surface area contributed by atoms with E-state index in [4.69, 9.17) is 42.6 Å². The average Bonchev–Trinajstić information content (AvgIpc) is 3.66. The highest BCUT2D eigenvalue weighted by atomic mass is 16.5. The highest BCUT2D eigenvalue weighted by molar-refractivity contribution is 5.95. The predicted molar refractivity (Wildman–Crippen MR) is 216 cm³/mol. The van der Waals surface area contributed by atoms with Gasteiger partial charge in [-0.3, -0.25) is 9.59 Å². The number of hydrogen-bond acceptors (Lipinski definition) is 13. The van der Waals surface area contributed by atoms with Gasteiger partial charge in [-0.25, -0.2) is 4.79 Å². The smallest absolute Gasteiger partial charge is 0.328 e. The number of amides is 2. The van der Waals surface area contributed by atoms with Crippen molar-refractivity contribution in [2.75, 3.05) is 56.9 Å². The normalized spacial score (nSPS) is 15.1. The van der Waals surface area contributed by atoms with Crippen molar-refractivity contribution in [2.24, 2.45) is 0 Å². The first-order valence-electron chi connectivity index (χ1n) is 18.4. The largest absolute Gasteiger partial charge is 0.493 e. The van der Waals surface area contributed by atoms with Crippen molar-refractivity contribution in [3.8, 4) is 46.0 Å². The van der Waals surface area contributed by atoms with Crippen LogP contribution in [0.25, 0.3) is 6.08 Å². The van der Waals surface area contributed by atoms with Crippen LogP contribution in [-0.2, 0) is 36.8 Å². The Bertz CT molecular complexity index is 2190. The minimum Gasteiger partial charge on any atom is -0.493 e. The minimum absolute atomic E-state index is 0.110. The summed E-state index contributed by atoms with van der Waals surface area (Å²) in [4.78, 5) is 53.0. The monoisotopic (exact) mass is 812 g/mol. The van der Waals surface area contributed by atoms with Crippen molar-refractivity contribution in [3.05, 3.63) is 101 Å². The van der Waals surface area contributed by atoms with Crippen molar-refractivity contribution in [1.82, 2.24) is 10.6 Å². The summed E-state index contributed by atoms with van der Waals surface area (Å²) in [6.07, 6.45) is 2.82. The van der Waals surface area contributed by atoms with E-state index in [2.05, 4.69) is 10.6 Å². The molecule has 312 valence electrons. The summed E-state index contributed by atoms with van der Waals surface area (Å²) in [5, 5.41) is 5.60. The molecule has 1 heterocycles. The van der Waals surface area contributed by atoms with Crippen LogP contribution < -0.4 is 48.5 Å². The molecule has 1 aliphatic heterocycles. The summed E-state index contributed by atoms with van der Waals surface area (Å²) < 4.78 is 49.7. The van der Waals surface area contributed by atoms with Gasteiger partial charge >= 0.3 is 5.97 Å². The highest BCUT2D eigenvalue weighted by Crippen LogP contribution is 2.52. The number of carbonyl (C=O) groups is 4. The van der Waals surface area contributed by atoms with E-state index in [-0.39, 0.29) is 12.8 Å². The maximum absolute atomic E-state index is 14.4. The summed E-state index contributed by atoms with van der Waals surface area (Å²) >= 11 is 0. The van der Waals surface area contributed by atoms with Gasteiger partial charge in [0.25, 0.3) is 0 Å². The maximum atomic E-state index is 14.4. The van der Waals surface area contributed by atoms with Gasteiger partial charge in [0.15, 0.2) is 46.0 Å². The van der Waals surface area contributed by atoms with E-state index in [1.54, 1.807) is 66.7 Å². The number of fused-ring (bicyclic) bond motifs is 1. The molecule has 2 amide bonds. The lowest BCUT2D eigenvalue weighted by Crippen LogP contribution is -2.42. The molecule has 0 spiro atoms. The number of esters is 1. The summed E-state index contributed by atoms with van der Waals surface area (Å²) in [6, 6.07) is 17.0. The highest BCUT2D eigenvalue weighted by Gasteiger charge is 2.43. The molecule has 0 aromatic heterocycles. The van der Waals surface area contributed by atoms with Crippen LogP contribution in [0.4, 0.5) is 0 Å². The van der Waals surface area contributed by atoms with Gasteiger partial charge in [0.05, 0.1) is 62.9 Å². The van der Waals surface area contributed by atoms with Gasteiger partial charge in [-0.05, 0) is 83.3 Å². The van der Waals surface area contributed by atoms with Gasteiger partial charge in [-0.2, -0.15) is 0 Å². The van der Waals surface area contributed by atoms with E-state index < -0.39 is 41.9 Å². The Kier molecular flexibility index (Phi) is 14.6. The van der Waals surface area contributed by atoms with Crippen molar-refractivity contribution in [3.63, 3.8) is 0 Å². The molecule has 0 saturated heterocycles. The third-order valence-corrected chi connectivity index (χ3v) is 9.74. The van der Waals surface area contributed by atoms with Crippen LogP contribution >= 0.6 is 0 Å². The molecule has 0 fully saturated rings. The SMILES string of the molecule is COC(=O)C(Cc1ccc(OC)c(OC)c1)NC(=O)/C=C/c1cc(OC)c2c(c1)C(C(=O)NC(C=O)Cc1ccc(OC)c(OC)c1)C(c1ccc(OC)c(OC)c1)O2. The van der Waals surface area contributed by atoms with E-state index in [1.807, 2.05) is 0 Å². The van der Waals surface area contributed by atoms with Crippen LogP contribution in [0.3, 0.4) is 0 Å². The zero-order chi connectivity index (χ0) is 42.6. The second-order valence-corrected chi connectivity index (χ2v) is 13.2. The van der Waals surface area contributed by atoms with E-state index in [0.29, 0.717) is 74.5 Å². The van der Waals surface area contributed by atoms with Crippen LogP contribution in [-0.4, -0.2) is 93.0 Å². The average molecular weight is 813 g/mol. The molecule has 59 heavy (non-hydrogen) atoms. The van der Waals surface area contributed by atoms with E-state index in [9.17, 15) is 19.2 Å². The first-order valence-corrected chi connectivity index (χ1v) is 18.4. The summed E-state index contributed by atoms with van der Waals surface area (Å²) in [5.74, 6) is 0.739. The molecule has 1 aliphatic rings. The maximum Gasteiger partial charge on any atom is 0.328 e. The molecule has 4 unspecified atom stereocenters. The molecule has 4 atom stereocenters. The Hall–Kier alpha value is -6.90. The van der Waals surface area contributed by atoms with Crippen LogP contribution in [0, 0.1) is 0 Å². The zero-order valence-electron chi connectivity index (χ0n) is 34.1. The molecule has 0 bridgehead atoms. The van der Waals surface area contributed by atoms with Gasteiger partial charge < -0.3 is 58.1 Å². The van der Waals surface area contributed by atoms with E-state index in [0.717, 1.165) is 5.56 Å². The van der Waals surface area contributed by atoms with E-state index in [1.165, 1.54) is 69.0 Å². The van der Waals surface area contributed by atoms with Gasteiger partial charge in [0.1, 0.15) is 24.3 Å². The Balaban J connectivity index is 1.46. The fraction of sp³-hybridized carbons (Fsp3) is 0.318. The Labute approximate surface area is 342 Å². The standard InChI is InChI=1S/C44H48N2O13/c1-51-32-13-9-25(20-35(32)54-4)17-29(24-47)45-43(49)40-30-18-26(22-38(57-7)42(30)59-41(40)28-12-15-34(53-3)37(23-28)56-6)11-16-39(48)46-31(44(50)58-8)19-27-10-14-33(52-2)36(21-27)55-5/h9-16,18,20-24,29,31,40-41H,17,19H2,1-8H3,(H,45,49)(H,46,48)/b16-11+. The number of ether oxygens (including phenoxy) is 9. The van der Waals surface area contributed by atoms with Crippen LogP contribution in [0.1, 0.15) is 39.8 Å². The molecule has 4 aromatic carbocycles. The molecule has 0 radical (unpaired) electrons. The summed E-state index contributed by atoms with van der Waals surface area (Å²) in [5.41, 5.74) is 2.93. The van der Waals surface area contributed by atoms with Crippen LogP contribution in [0.5, 0.6) is 46.0 Å². The molecule has 15 nitrogen and oxygen atoms in total. The number of nitrogens with one attached hydrogen (secondary N) is 2. The summed E-state index contributed by atoms with van der Waals surface area (Å²) in [6.45, 7) is 0. The quantitative estimate of drug-likeness (QED) is 0.0751. The van der Waals surface area contributed by atoms with Gasteiger partial charge in [-0.1, -0.05) is 18.2 Å². The number of rotatable bonds is 19. The Morgan fingerprint density at radius 3 is 1.73 bits per heavy atom. The fourth-order valence-electron chi connectivity index (χ4n) is 6.82. The number of carbonyl (C=O) groups excluding carboxylic acids is 4. The molecule has 15 heteroatoms. The van der Waals surface area contributed by atoms with Gasteiger partial charge in [0.2, 0.25) is 11.8 Å². The third kappa shape index (κ3) is 9.98. The lowest BCUT2D eigenvalue weighted by atomic mass is 9.88. The molecule has 5 rings (SSSR count). The predicted octanol–water partition coefficient (Wildman–Crippen LogP) is 4.80. The Morgan fingerprint density at radius 1 is 0.644 bits per heavy atom. The number of benzene rings is 4. The van der Waals surface area contributed by atoms with Crippen LogP contribution in [0.15, 0.2) is 72.8 Å². The van der Waals surface area contributed by atoms with Crippen molar-refractivity contribution < 1.29 is 61.8 Å². The molecule has 2 N–H and O–H groups in total. The second-order valence-electron chi connectivity index (χ2n) is 13.2. The zero-order valence-corrected chi connectivity index (χ0v) is 34.1. The summed E-state index contributed by atoms with van der Waals surface area (Å²) in [7, 11) is 11.8. The molecular formula is C44H48N2O13. The molecule has 4 aromatic rings. The first kappa shape index (κ1) is 43.2. The number of aldehydes is 1. The number of methoxy groups -OCH3 is 8.